The molecular formula is C20H21N3O6S. The van der Waals surface area contributed by atoms with Crippen molar-refractivity contribution in [1.82, 2.24) is 10.0 Å². The Morgan fingerprint density at radius 2 is 1.60 bits per heavy atom. The number of anilines is 1. The highest BCUT2D eigenvalue weighted by atomic mass is 32.2. The number of urea groups is 1. The lowest BCUT2D eigenvalue weighted by atomic mass is 10.2. The number of carbonyl (C=O) groups excluding carboxylic acids is 3. The van der Waals surface area contributed by atoms with Gasteiger partial charge in [-0.3, -0.25) is 14.9 Å². The average Bonchev–Trinajstić information content (AvgIpc) is 2.72. The van der Waals surface area contributed by atoms with Gasteiger partial charge in [0.05, 0.1) is 0 Å². The van der Waals surface area contributed by atoms with E-state index in [2.05, 4.69) is 5.32 Å². The predicted octanol–water partition coefficient (Wildman–Crippen LogP) is 1.86. The molecule has 10 heteroatoms. The fraction of sp³-hybridized carbons (Fsp3) is 0.150. The lowest BCUT2D eigenvalue weighted by Gasteiger charge is -2.13. The molecule has 0 saturated heterocycles. The van der Waals surface area contributed by atoms with E-state index in [1.807, 2.05) is 10.0 Å². The summed E-state index contributed by atoms with van der Waals surface area (Å²) in [5.41, 5.74) is 1.15. The van der Waals surface area contributed by atoms with Crippen LogP contribution in [0.2, 0.25) is 0 Å². The first-order chi connectivity index (χ1) is 14.2. The Labute approximate surface area is 174 Å². The van der Waals surface area contributed by atoms with Crippen molar-refractivity contribution in [3.05, 3.63) is 71.6 Å². The quantitative estimate of drug-likeness (QED) is 0.547. The second kappa shape index (κ2) is 10.9. The molecule has 0 aliphatic carbocycles. The van der Waals surface area contributed by atoms with Crippen LogP contribution in [-0.4, -0.2) is 39.0 Å². The molecular weight excluding hydrogens is 410 g/mol. The maximum absolute atomic E-state index is 11.9. The summed E-state index contributed by atoms with van der Waals surface area (Å²) in [5, 5.41) is 5.39. The molecule has 2 aromatic carbocycles. The van der Waals surface area contributed by atoms with Crippen molar-refractivity contribution in [3.63, 3.8) is 0 Å². The van der Waals surface area contributed by atoms with E-state index in [1.54, 1.807) is 60.7 Å². The van der Waals surface area contributed by atoms with Crippen LogP contribution in [-0.2, 0) is 24.3 Å². The third-order valence-electron chi connectivity index (χ3n) is 3.60. The molecule has 0 heterocycles. The number of rotatable bonds is 8. The van der Waals surface area contributed by atoms with E-state index in [0.29, 0.717) is 11.3 Å². The van der Waals surface area contributed by atoms with Gasteiger partial charge in [0.2, 0.25) is 10.0 Å². The highest BCUT2D eigenvalue weighted by molar-refractivity contribution is 7.92. The number of para-hydroxylation sites is 1. The van der Waals surface area contributed by atoms with Crippen LogP contribution in [0.4, 0.5) is 10.5 Å². The molecule has 30 heavy (non-hydrogen) atoms. The first kappa shape index (κ1) is 22.8. The lowest BCUT2D eigenvalue weighted by Crippen LogP contribution is -2.42. The van der Waals surface area contributed by atoms with Gasteiger partial charge in [-0.15, -0.1) is 0 Å². The summed E-state index contributed by atoms with van der Waals surface area (Å²) in [6.07, 6.45) is 0.0677. The molecule has 9 nitrogen and oxygen atoms in total. The van der Waals surface area contributed by atoms with E-state index in [0.717, 1.165) is 5.41 Å². The molecule has 0 aliphatic heterocycles. The normalized spacial score (nSPS) is 12.2. The van der Waals surface area contributed by atoms with Crippen LogP contribution in [0.15, 0.2) is 66.1 Å². The standard InChI is InChI=1S/C20H21N3O6S/c1-15(19(25)23-20(26)22-17-10-6-3-7-11-17)29-18(24)14-21-30(27,28)13-12-16-8-4-2-5-9-16/h2-13,15,21H,14H2,1H3,(H2,22,23,25,26)/b13-12+. The van der Waals surface area contributed by atoms with E-state index in [1.165, 1.54) is 13.0 Å². The lowest BCUT2D eigenvalue weighted by molar-refractivity contribution is -0.153. The Morgan fingerprint density at radius 1 is 1.00 bits per heavy atom. The van der Waals surface area contributed by atoms with Gasteiger partial charge in [-0.1, -0.05) is 48.5 Å². The molecule has 158 valence electrons. The Hall–Kier alpha value is -3.50. The third-order valence-corrected chi connectivity index (χ3v) is 4.64. The number of ether oxygens (including phenoxy) is 1. The number of amides is 3. The average molecular weight is 431 g/mol. The van der Waals surface area contributed by atoms with Crippen LogP contribution in [0.3, 0.4) is 0 Å². The maximum atomic E-state index is 11.9. The summed E-state index contributed by atoms with van der Waals surface area (Å²) in [6, 6.07) is 16.4. The van der Waals surface area contributed by atoms with Crippen molar-refractivity contribution < 1.29 is 27.5 Å². The summed E-state index contributed by atoms with van der Waals surface area (Å²) >= 11 is 0. The SMILES string of the molecule is CC(OC(=O)CNS(=O)(=O)/C=C/c1ccccc1)C(=O)NC(=O)Nc1ccccc1. The first-order valence-electron chi connectivity index (χ1n) is 8.84. The van der Waals surface area contributed by atoms with Crippen molar-refractivity contribution in [3.8, 4) is 0 Å². The summed E-state index contributed by atoms with van der Waals surface area (Å²) < 4.78 is 30.7. The predicted molar refractivity (Wildman–Crippen MR) is 112 cm³/mol. The number of benzene rings is 2. The van der Waals surface area contributed by atoms with Crippen molar-refractivity contribution >= 4 is 39.7 Å². The van der Waals surface area contributed by atoms with E-state index in [-0.39, 0.29) is 0 Å². The molecule has 1 atom stereocenters. The minimum Gasteiger partial charge on any atom is -0.452 e. The highest BCUT2D eigenvalue weighted by Gasteiger charge is 2.20. The van der Waals surface area contributed by atoms with Crippen LogP contribution >= 0.6 is 0 Å². The Bertz CT molecular complexity index is 1010. The summed E-state index contributed by atoms with van der Waals surface area (Å²) in [7, 11) is -3.88. The molecule has 0 fully saturated rings. The summed E-state index contributed by atoms with van der Waals surface area (Å²) in [4.78, 5) is 35.5. The summed E-state index contributed by atoms with van der Waals surface area (Å²) in [5.74, 6) is -1.83. The third kappa shape index (κ3) is 8.25. The Morgan fingerprint density at radius 3 is 2.23 bits per heavy atom. The maximum Gasteiger partial charge on any atom is 0.325 e. The van der Waals surface area contributed by atoms with E-state index in [4.69, 9.17) is 4.74 Å². The fourth-order valence-corrected chi connectivity index (χ4v) is 2.88. The second-order valence-electron chi connectivity index (χ2n) is 6.02. The topological polar surface area (TPSA) is 131 Å². The fourth-order valence-electron chi connectivity index (χ4n) is 2.13. The Kier molecular flexibility index (Phi) is 8.27. The molecule has 0 radical (unpaired) electrons. The number of hydrogen-bond acceptors (Lipinski definition) is 6. The largest absolute Gasteiger partial charge is 0.452 e. The molecule has 0 saturated carbocycles. The van der Waals surface area contributed by atoms with Crippen molar-refractivity contribution in [2.24, 2.45) is 0 Å². The minimum absolute atomic E-state index is 0.477. The number of hydrogen-bond donors (Lipinski definition) is 3. The van der Waals surface area contributed by atoms with Gasteiger partial charge in [-0.05, 0) is 30.7 Å². The van der Waals surface area contributed by atoms with Crippen LogP contribution in [0.5, 0.6) is 0 Å². The first-order valence-corrected chi connectivity index (χ1v) is 10.4. The van der Waals surface area contributed by atoms with Gasteiger partial charge in [0.1, 0.15) is 6.54 Å². The molecule has 1 unspecified atom stereocenters. The smallest absolute Gasteiger partial charge is 0.325 e. The van der Waals surface area contributed by atoms with Gasteiger partial charge < -0.3 is 10.1 Å². The van der Waals surface area contributed by atoms with Gasteiger partial charge in [0.15, 0.2) is 6.10 Å². The van der Waals surface area contributed by atoms with Crippen LogP contribution in [0.25, 0.3) is 6.08 Å². The number of esters is 1. The Balaban J connectivity index is 1.77. The zero-order valence-electron chi connectivity index (χ0n) is 16.1. The van der Waals surface area contributed by atoms with Crippen molar-refractivity contribution in [2.45, 2.75) is 13.0 Å². The van der Waals surface area contributed by atoms with Crippen LogP contribution in [0.1, 0.15) is 12.5 Å². The zero-order chi connectivity index (χ0) is 22.0. The van der Waals surface area contributed by atoms with Gasteiger partial charge >= 0.3 is 12.0 Å². The van der Waals surface area contributed by atoms with E-state index in [9.17, 15) is 22.8 Å². The van der Waals surface area contributed by atoms with Crippen LogP contribution in [0, 0.1) is 0 Å². The number of carbonyl (C=O) groups is 3. The number of imide groups is 1. The van der Waals surface area contributed by atoms with E-state index >= 15 is 0 Å². The van der Waals surface area contributed by atoms with Gasteiger partial charge in [0, 0.05) is 11.1 Å². The van der Waals surface area contributed by atoms with Gasteiger partial charge in [0.25, 0.3) is 5.91 Å². The van der Waals surface area contributed by atoms with Gasteiger partial charge in [-0.2, -0.15) is 0 Å². The number of sulfonamides is 1. The zero-order valence-corrected chi connectivity index (χ0v) is 16.9. The molecule has 0 aliphatic rings. The molecule has 3 N–H and O–H groups in total. The monoisotopic (exact) mass is 431 g/mol. The molecule has 0 spiro atoms. The van der Waals surface area contributed by atoms with Crippen molar-refractivity contribution in [2.75, 3.05) is 11.9 Å². The van der Waals surface area contributed by atoms with E-state index < -0.39 is 40.6 Å². The highest BCUT2D eigenvalue weighted by Crippen LogP contribution is 2.05. The molecule has 2 aromatic rings. The minimum atomic E-state index is -3.88. The van der Waals surface area contributed by atoms with Crippen LogP contribution < -0.4 is 15.4 Å². The van der Waals surface area contributed by atoms with Crippen molar-refractivity contribution in [1.29, 1.82) is 0 Å². The molecule has 0 bridgehead atoms. The summed E-state index contributed by atoms with van der Waals surface area (Å²) in [6.45, 7) is 0.585. The van der Waals surface area contributed by atoms with Gasteiger partial charge in [-0.25, -0.2) is 17.9 Å². The molecule has 2 rings (SSSR count). The second-order valence-corrected chi connectivity index (χ2v) is 7.67. The molecule has 0 aromatic heterocycles. The number of nitrogens with one attached hydrogen (secondary N) is 3. The molecule has 3 amide bonds.